The summed E-state index contributed by atoms with van der Waals surface area (Å²) in [5, 5.41) is 3.40. The third-order valence-electron chi connectivity index (χ3n) is 5.72. The summed E-state index contributed by atoms with van der Waals surface area (Å²) in [5.41, 5.74) is 5.64. The zero-order valence-electron chi connectivity index (χ0n) is 14.0. The topological polar surface area (TPSA) is 36.1 Å². The molecule has 26 heavy (non-hydrogen) atoms. The molecule has 0 aliphatic carbocycles. The van der Waals surface area contributed by atoms with Crippen LogP contribution in [-0.2, 0) is 0 Å². The van der Waals surface area contributed by atoms with E-state index in [0.29, 0.717) is 0 Å². The number of para-hydroxylation sites is 1. The number of amides is 1. The zero-order valence-corrected chi connectivity index (χ0v) is 14.8. The van der Waals surface area contributed by atoms with Gasteiger partial charge in [0, 0.05) is 39.5 Å². The van der Waals surface area contributed by atoms with Crippen LogP contribution in [0, 0.1) is 0 Å². The van der Waals surface area contributed by atoms with Crippen LogP contribution in [0.25, 0.3) is 10.9 Å². The number of H-pyrrole nitrogens is 1. The van der Waals surface area contributed by atoms with Crippen molar-refractivity contribution in [2.45, 2.75) is 12.0 Å². The highest BCUT2D eigenvalue weighted by Crippen LogP contribution is 2.49. The molecule has 2 atom stereocenters. The Kier molecular flexibility index (Phi) is 2.80. The van der Waals surface area contributed by atoms with E-state index >= 15 is 0 Å². The standard InChI is InChI=1S/C22H16N2OS/c25-22-14-7-2-1-6-13(14)21-20-19(15-8-3-4-9-17(15)23-20)16(12-24(21)22)18-10-5-11-26-18/h1-11,16,21,23H,12H2. The van der Waals surface area contributed by atoms with Crippen molar-refractivity contribution < 1.29 is 4.79 Å². The maximum atomic E-state index is 13.1. The molecule has 0 fully saturated rings. The largest absolute Gasteiger partial charge is 0.356 e. The first-order valence-corrected chi connectivity index (χ1v) is 9.74. The molecule has 0 bridgehead atoms. The Morgan fingerprint density at radius 3 is 2.73 bits per heavy atom. The third kappa shape index (κ3) is 1.75. The molecule has 0 radical (unpaired) electrons. The lowest BCUT2D eigenvalue weighted by Crippen LogP contribution is -2.37. The molecule has 0 spiro atoms. The van der Waals surface area contributed by atoms with Gasteiger partial charge in [-0.3, -0.25) is 4.79 Å². The number of nitrogens with zero attached hydrogens (tertiary/aromatic N) is 1. The maximum Gasteiger partial charge on any atom is 0.255 e. The molecule has 2 aromatic heterocycles. The Bertz CT molecular complexity index is 1160. The molecule has 126 valence electrons. The molecule has 2 aromatic carbocycles. The van der Waals surface area contributed by atoms with Crippen molar-refractivity contribution in [2.24, 2.45) is 0 Å². The third-order valence-corrected chi connectivity index (χ3v) is 6.71. The van der Waals surface area contributed by atoms with Crippen LogP contribution in [0.4, 0.5) is 0 Å². The van der Waals surface area contributed by atoms with Crippen LogP contribution < -0.4 is 0 Å². The van der Waals surface area contributed by atoms with Gasteiger partial charge in [0.2, 0.25) is 0 Å². The van der Waals surface area contributed by atoms with Gasteiger partial charge in [0.25, 0.3) is 5.91 Å². The molecular weight excluding hydrogens is 340 g/mol. The molecule has 4 aromatic rings. The van der Waals surface area contributed by atoms with Crippen LogP contribution in [-0.4, -0.2) is 22.3 Å². The summed E-state index contributed by atoms with van der Waals surface area (Å²) in [4.78, 5) is 20.1. The molecule has 1 amide bonds. The second kappa shape index (κ2) is 5.08. The molecule has 3 nitrogen and oxygen atoms in total. The van der Waals surface area contributed by atoms with Crippen molar-refractivity contribution >= 4 is 28.1 Å². The smallest absolute Gasteiger partial charge is 0.255 e. The fourth-order valence-electron chi connectivity index (χ4n) is 4.66. The number of rotatable bonds is 1. The van der Waals surface area contributed by atoms with Crippen LogP contribution in [0.5, 0.6) is 0 Å². The van der Waals surface area contributed by atoms with Gasteiger partial charge in [0.05, 0.1) is 6.04 Å². The average molecular weight is 356 g/mol. The van der Waals surface area contributed by atoms with Crippen molar-refractivity contribution in [3.63, 3.8) is 0 Å². The highest BCUT2D eigenvalue weighted by atomic mass is 32.1. The molecule has 2 unspecified atom stereocenters. The lowest BCUT2D eigenvalue weighted by molar-refractivity contribution is 0.0728. The van der Waals surface area contributed by atoms with E-state index < -0.39 is 0 Å². The Labute approximate surface area is 154 Å². The van der Waals surface area contributed by atoms with Crippen molar-refractivity contribution in [1.29, 1.82) is 0 Å². The fraction of sp³-hybridized carbons (Fsp3) is 0.136. The van der Waals surface area contributed by atoms with Crippen LogP contribution in [0.3, 0.4) is 0 Å². The van der Waals surface area contributed by atoms with Gasteiger partial charge in [-0.25, -0.2) is 0 Å². The van der Waals surface area contributed by atoms with Gasteiger partial charge >= 0.3 is 0 Å². The van der Waals surface area contributed by atoms with Gasteiger partial charge in [-0.05, 0) is 34.7 Å². The quantitative estimate of drug-likeness (QED) is 0.516. The second-order valence-electron chi connectivity index (χ2n) is 7.01. The molecule has 6 rings (SSSR count). The molecule has 4 heterocycles. The summed E-state index contributed by atoms with van der Waals surface area (Å²) in [6.07, 6.45) is 0. The lowest BCUT2D eigenvalue weighted by atomic mass is 9.86. The van der Waals surface area contributed by atoms with Gasteiger partial charge in [0.15, 0.2) is 0 Å². The minimum atomic E-state index is -0.00249. The van der Waals surface area contributed by atoms with E-state index in [1.165, 1.54) is 21.5 Å². The Morgan fingerprint density at radius 1 is 1.00 bits per heavy atom. The Balaban J connectivity index is 1.67. The molecule has 2 aliphatic heterocycles. The number of fused-ring (bicyclic) bond motifs is 7. The first-order valence-electron chi connectivity index (χ1n) is 8.86. The van der Waals surface area contributed by atoms with Crippen LogP contribution >= 0.6 is 11.3 Å². The van der Waals surface area contributed by atoms with E-state index in [2.05, 4.69) is 52.8 Å². The minimum absolute atomic E-state index is 0.00249. The molecule has 4 heteroatoms. The van der Waals surface area contributed by atoms with Crippen LogP contribution in [0.15, 0.2) is 66.0 Å². The number of nitrogens with one attached hydrogen (secondary N) is 1. The van der Waals surface area contributed by atoms with Gasteiger partial charge < -0.3 is 9.88 Å². The van der Waals surface area contributed by atoms with Crippen molar-refractivity contribution in [1.82, 2.24) is 9.88 Å². The summed E-state index contributed by atoms with van der Waals surface area (Å²) in [6, 6.07) is 20.8. The van der Waals surface area contributed by atoms with E-state index in [4.69, 9.17) is 0 Å². The van der Waals surface area contributed by atoms with Crippen LogP contribution in [0.1, 0.15) is 44.0 Å². The van der Waals surface area contributed by atoms with Gasteiger partial charge in [-0.15, -0.1) is 11.3 Å². The predicted molar refractivity (Wildman–Crippen MR) is 104 cm³/mol. The second-order valence-corrected chi connectivity index (χ2v) is 7.99. The molecule has 0 saturated carbocycles. The van der Waals surface area contributed by atoms with E-state index in [9.17, 15) is 4.79 Å². The molecule has 1 N–H and O–H groups in total. The number of hydrogen-bond acceptors (Lipinski definition) is 2. The first-order chi connectivity index (χ1) is 12.8. The van der Waals surface area contributed by atoms with E-state index in [1.54, 1.807) is 11.3 Å². The normalized spacial score (nSPS) is 20.9. The van der Waals surface area contributed by atoms with Crippen molar-refractivity contribution in [2.75, 3.05) is 6.54 Å². The zero-order chi connectivity index (χ0) is 17.3. The molecule has 2 aliphatic rings. The Hall–Kier alpha value is -2.85. The van der Waals surface area contributed by atoms with E-state index in [-0.39, 0.29) is 17.9 Å². The summed E-state index contributed by atoms with van der Waals surface area (Å²) in [7, 11) is 0. The number of aromatic amines is 1. The van der Waals surface area contributed by atoms with Crippen molar-refractivity contribution in [3.05, 3.63) is 93.3 Å². The number of hydrogen-bond donors (Lipinski definition) is 1. The fourth-order valence-corrected chi connectivity index (χ4v) is 5.48. The SMILES string of the molecule is O=C1c2ccccc2C2c3[nH]c4ccccc4c3C(c3cccs3)CN12. The summed E-state index contributed by atoms with van der Waals surface area (Å²) < 4.78 is 0. The first kappa shape index (κ1) is 14.3. The molecule has 0 saturated heterocycles. The summed E-state index contributed by atoms with van der Waals surface area (Å²) in [5.74, 6) is 0.368. The van der Waals surface area contributed by atoms with E-state index in [1.807, 2.05) is 23.1 Å². The number of carbonyl (C=O) groups excluding carboxylic acids is 1. The number of benzene rings is 2. The van der Waals surface area contributed by atoms with Gasteiger partial charge in [-0.1, -0.05) is 42.5 Å². The number of aromatic nitrogens is 1. The average Bonchev–Trinajstić information content (AvgIpc) is 3.39. The monoisotopic (exact) mass is 356 g/mol. The minimum Gasteiger partial charge on any atom is -0.356 e. The highest BCUT2D eigenvalue weighted by molar-refractivity contribution is 7.10. The predicted octanol–water partition coefficient (Wildman–Crippen LogP) is 4.92. The summed E-state index contributed by atoms with van der Waals surface area (Å²) >= 11 is 1.77. The van der Waals surface area contributed by atoms with Crippen molar-refractivity contribution in [3.8, 4) is 0 Å². The highest BCUT2D eigenvalue weighted by Gasteiger charge is 2.45. The lowest BCUT2D eigenvalue weighted by Gasteiger charge is -2.35. The molecular formula is C22H16N2OS. The van der Waals surface area contributed by atoms with Gasteiger partial charge in [-0.2, -0.15) is 0 Å². The van der Waals surface area contributed by atoms with E-state index in [0.717, 1.165) is 23.2 Å². The number of thiophene rings is 1. The van der Waals surface area contributed by atoms with Crippen LogP contribution in [0.2, 0.25) is 0 Å². The number of carbonyl (C=O) groups is 1. The van der Waals surface area contributed by atoms with Gasteiger partial charge in [0.1, 0.15) is 0 Å². The Morgan fingerprint density at radius 2 is 1.85 bits per heavy atom. The maximum absolute atomic E-state index is 13.1. The summed E-state index contributed by atoms with van der Waals surface area (Å²) in [6.45, 7) is 0.730.